The molecule has 0 N–H and O–H groups in total. The van der Waals surface area contributed by atoms with Gasteiger partial charge in [0.05, 0.1) is 35.8 Å². The predicted molar refractivity (Wildman–Crippen MR) is 89.5 cm³/mol. The van der Waals surface area contributed by atoms with Gasteiger partial charge in [0.15, 0.2) is 5.78 Å². The number of hydrogen-bond acceptors (Lipinski definition) is 5. The van der Waals surface area contributed by atoms with Gasteiger partial charge < -0.3 is 9.47 Å². The van der Waals surface area contributed by atoms with Crippen molar-refractivity contribution in [1.29, 1.82) is 0 Å². The van der Waals surface area contributed by atoms with Crippen molar-refractivity contribution in [2.45, 2.75) is 32.5 Å². The van der Waals surface area contributed by atoms with Gasteiger partial charge in [0, 0.05) is 5.56 Å². The van der Waals surface area contributed by atoms with Gasteiger partial charge in [-0.2, -0.15) is 0 Å². The van der Waals surface area contributed by atoms with Crippen molar-refractivity contribution in [3.8, 4) is 5.75 Å². The highest BCUT2D eigenvalue weighted by molar-refractivity contribution is 6.24. The van der Waals surface area contributed by atoms with Crippen molar-refractivity contribution in [2.24, 2.45) is 11.8 Å². The molecule has 0 aromatic heterocycles. The van der Waals surface area contributed by atoms with Gasteiger partial charge in [0.1, 0.15) is 5.75 Å². The maximum Gasteiger partial charge on any atom is 0.241 e. The summed E-state index contributed by atoms with van der Waals surface area (Å²) in [5.74, 6) is -1.37. The maximum absolute atomic E-state index is 13.1. The minimum Gasteiger partial charge on any atom is -0.492 e. The number of fused-ring (bicyclic) bond motifs is 5. The summed E-state index contributed by atoms with van der Waals surface area (Å²) in [6.07, 6.45) is 3.34. The van der Waals surface area contributed by atoms with Crippen LogP contribution >= 0.6 is 0 Å². The van der Waals surface area contributed by atoms with Crippen molar-refractivity contribution in [2.75, 3.05) is 11.5 Å². The van der Waals surface area contributed by atoms with Gasteiger partial charge in [0.2, 0.25) is 11.8 Å². The lowest BCUT2D eigenvalue weighted by Crippen LogP contribution is -2.38. The van der Waals surface area contributed by atoms with Gasteiger partial charge in [-0.05, 0) is 39.0 Å². The molecule has 130 valence electrons. The molecule has 3 aliphatic rings. The lowest BCUT2D eigenvalue weighted by atomic mass is 9.78. The quantitative estimate of drug-likeness (QED) is 0.476. The summed E-state index contributed by atoms with van der Waals surface area (Å²) in [5.41, 5.74) is 0.0162. The van der Waals surface area contributed by atoms with E-state index in [4.69, 9.17) is 9.47 Å². The molecule has 0 saturated carbocycles. The summed E-state index contributed by atoms with van der Waals surface area (Å²) in [4.78, 5) is 39.0. The van der Waals surface area contributed by atoms with Crippen molar-refractivity contribution in [3.63, 3.8) is 0 Å². The minimum atomic E-state index is -0.749. The molecule has 6 heteroatoms. The number of benzene rings is 1. The average Bonchev–Trinajstić information content (AvgIpc) is 3.17. The predicted octanol–water partition coefficient (Wildman–Crippen LogP) is 2.12. The van der Waals surface area contributed by atoms with E-state index in [0.717, 1.165) is 0 Å². The third-order valence-electron chi connectivity index (χ3n) is 5.24. The van der Waals surface area contributed by atoms with Crippen LogP contribution in [0.3, 0.4) is 0 Å². The van der Waals surface area contributed by atoms with Crippen molar-refractivity contribution < 1.29 is 23.9 Å². The lowest BCUT2D eigenvalue weighted by molar-refractivity contribution is -0.126. The molecule has 4 atom stereocenters. The van der Waals surface area contributed by atoms with E-state index in [2.05, 4.69) is 0 Å². The Bertz CT molecular complexity index is 829. The van der Waals surface area contributed by atoms with E-state index in [9.17, 15) is 14.4 Å². The van der Waals surface area contributed by atoms with Crippen LogP contribution < -0.4 is 9.64 Å². The summed E-state index contributed by atoms with van der Waals surface area (Å²) >= 11 is 0. The Hall–Kier alpha value is -2.47. The average molecular weight is 341 g/mol. The molecule has 2 bridgehead atoms. The Labute approximate surface area is 145 Å². The molecule has 3 heterocycles. The topological polar surface area (TPSA) is 72.9 Å². The summed E-state index contributed by atoms with van der Waals surface area (Å²) in [6.45, 7) is 5.49. The van der Waals surface area contributed by atoms with Gasteiger partial charge in [-0.25, -0.2) is 4.90 Å². The molecule has 2 amide bonds. The van der Waals surface area contributed by atoms with Crippen LogP contribution in [-0.4, -0.2) is 35.9 Å². The number of anilines is 1. The normalized spacial score (nSPS) is 32.4. The Morgan fingerprint density at radius 1 is 1.32 bits per heavy atom. The third kappa shape index (κ3) is 2.10. The van der Waals surface area contributed by atoms with E-state index in [1.165, 1.54) is 11.8 Å². The van der Waals surface area contributed by atoms with E-state index >= 15 is 0 Å². The molecule has 0 radical (unpaired) electrons. The second-order valence-corrected chi connectivity index (χ2v) is 6.81. The summed E-state index contributed by atoms with van der Waals surface area (Å²) in [6, 6.07) is 4.83. The molecule has 3 aliphatic heterocycles. The number of Topliss-reactive ketones (excluding diaryl/α,β-unsaturated/α-hetero) is 1. The Morgan fingerprint density at radius 2 is 2.08 bits per heavy atom. The maximum atomic E-state index is 13.1. The SMILES string of the molecule is CCOc1ccc(C(C)=O)cc1N1C(=O)[C@H]2[C@@H](C1=O)[C@]1(C)C=C[C@H]2O1. The number of rotatable bonds is 4. The Morgan fingerprint density at radius 3 is 2.72 bits per heavy atom. The fourth-order valence-electron chi connectivity index (χ4n) is 4.08. The largest absolute Gasteiger partial charge is 0.492 e. The molecule has 1 aromatic carbocycles. The number of amides is 2. The molecule has 6 nitrogen and oxygen atoms in total. The first-order chi connectivity index (χ1) is 11.9. The molecule has 2 saturated heterocycles. The van der Waals surface area contributed by atoms with Crippen LogP contribution in [0.4, 0.5) is 5.69 Å². The van der Waals surface area contributed by atoms with Crippen LogP contribution in [0.25, 0.3) is 0 Å². The highest BCUT2D eigenvalue weighted by atomic mass is 16.5. The van der Waals surface area contributed by atoms with Gasteiger partial charge >= 0.3 is 0 Å². The zero-order chi connectivity index (χ0) is 17.9. The number of nitrogens with zero attached hydrogens (tertiary/aromatic N) is 1. The molecule has 0 aliphatic carbocycles. The van der Waals surface area contributed by atoms with Gasteiger partial charge in [-0.3, -0.25) is 14.4 Å². The zero-order valence-electron chi connectivity index (χ0n) is 14.3. The van der Waals surface area contributed by atoms with Crippen LogP contribution in [-0.2, 0) is 14.3 Å². The highest BCUT2D eigenvalue weighted by Crippen LogP contribution is 2.53. The molecule has 0 spiro atoms. The fraction of sp³-hybridized carbons (Fsp3) is 0.421. The summed E-state index contributed by atoms with van der Waals surface area (Å²) in [7, 11) is 0. The van der Waals surface area contributed by atoms with Gasteiger partial charge in [0.25, 0.3) is 0 Å². The fourth-order valence-corrected chi connectivity index (χ4v) is 4.08. The number of hydrogen-bond donors (Lipinski definition) is 0. The van der Waals surface area contributed by atoms with Crippen LogP contribution in [0.1, 0.15) is 31.1 Å². The first kappa shape index (κ1) is 16.0. The van der Waals surface area contributed by atoms with Crippen LogP contribution in [0, 0.1) is 11.8 Å². The number of imide groups is 1. The zero-order valence-corrected chi connectivity index (χ0v) is 14.3. The molecule has 25 heavy (non-hydrogen) atoms. The smallest absolute Gasteiger partial charge is 0.241 e. The Kier molecular flexibility index (Phi) is 3.37. The summed E-state index contributed by atoms with van der Waals surface area (Å²) in [5, 5.41) is 0. The molecule has 2 fully saturated rings. The molecule has 1 aromatic rings. The number of carbonyl (C=O) groups is 3. The van der Waals surface area contributed by atoms with E-state index in [-0.39, 0.29) is 23.7 Å². The first-order valence-corrected chi connectivity index (χ1v) is 8.40. The number of ether oxygens (including phenoxy) is 2. The highest BCUT2D eigenvalue weighted by Gasteiger charge is 2.66. The van der Waals surface area contributed by atoms with Crippen LogP contribution in [0.15, 0.2) is 30.4 Å². The van der Waals surface area contributed by atoms with E-state index in [0.29, 0.717) is 23.6 Å². The minimum absolute atomic E-state index is 0.138. The third-order valence-corrected chi connectivity index (χ3v) is 5.24. The van der Waals surface area contributed by atoms with E-state index in [1.807, 2.05) is 26.0 Å². The molecular weight excluding hydrogens is 322 g/mol. The van der Waals surface area contributed by atoms with Crippen molar-refractivity contribution in [1.82, 2.24) is 0 Å². The monoisotopic (exact) mass is 341 g/mol. The molecule has 0 unspecified atom stereocenters. The van der Waals surface area contributed by atoms with Crippen LogP contribution in [0.2, 0.25) is 0 Å². The molecule has 4 rings (SSSR count). The van der Waals surface area contributed by atoms with Gasteiger partial charge in [-0.15, -0.1) is 0 Å². The second kappa shape index (κ2) is 5.26. The summed E-state index contributed by atoms with van der Waals surface area (Å²) < 4.78 is 11.4. The van der Waals surface area contributed by atoms with Crippen molar-refractivity contribution >= 4 is 23.3 Å². The van der Waals surface area contributed by atoms with E-state index < -0.39 is 17.4 Å². The Balaban J connectivity index is 1.80. The first-order valence-electron chi connectivity index (χ1n) is 8.40. The van der Waals surface area contributed by atoms with Crippen LogP contribution in [0.5, 0.6) is 5.75 Å². The van der Waals surface area contributed by atoms with Crippen molar-refractivity contribution in [3.05, 3.63) is 35.9 Å². The lowest BCUT2D eigenvalue weighted by Gasteiger charge is -2.25. The van der Waals surface area contributed by atoms with Gasteiger partial charge in [-0.1, -0.05) is 12.2 Å². The van der Waals surface area contributed by atoms with E-state index in [1.54, 1.807) is 18.2 Å². The number of carbonyl (C=O) groups excluding carboxylic acids is 3. The molecular formula is C19H19NO5. The second-order valence-electron chi connectivity index (χ2n) is 6.81. The number of ketones is 1. The standard InChI is InChI=1S/C19H19NO5/c1-4-24-13-6-5-11(10(2)21)9-12(13)20-17(22)15-14-7-8-19(3,25-14)16(15)18(20)23/h5-9,14-16H,4H2,1-3H3/t14-,15-,16+,19+/m1/s1.